The second kappa shape index (κ2) is 3.21. The Morgan fingerprint density at radius 3 is 2.94 bits per heavy atom. The molecule has 5 heteroatoms. The van der Waals surface area contributed by atoms with Crippen molar-refractivity contribution in [2.24, 2.45) is 0 Å². The zero-order valence-electron chi connectivity index (χ0n) is 9.06. The van der Waals surface area contributed by atoms with Gasteiger partial charge in [-0.05, 0) is 18.9 Å². The Morgan fingerprint density at radius 1 is 1.35 bits per heavy atom. The summed E-state index contributed by atoms with van der Waals surface area (Å²) < 4.78 is 0. The molecule has 0 amide bonds. The number of hydrogen-bond acceptors (Lipinski definition) is 4. The maximum atomic E-state index is 6.01. The number of aromatic nitrogens is 2. The molecule has 0 radical (unpaired) electrons. The van der Waals surface area contributed by atoms with Gasteiger partial charge in [0.25, 0.3) is 0 Å². The van der Waals surface area contributed by atoms with Gasteiger partial charge in [-0.2, -0.15) is 0 Å². The third kappa shape index (κ3) is 1.34. The van der Waals surface area contributed by atoms with Crippen LogP contribution in [-0.2, 0) is 5.41 Å². The summed E-state index contributed by atoms with van der Waals surface area (Å²) in [5.41, 5.74) is 2.87. The number of anilines is 2. The quantitative estimate of drug-likeness (QED) is 0.739. The molecule has 1 saturated carbocycles. The van der Waals surface area contributed by atoms with Crippen LogP contribution in [0.25, 0.3) is 0 Å². The van der Waals surface area contributed by atoms with Gasteiger partial charge in [0.2, 0.25) is 0 Å². The number of pyridine rings is 1. The fourth-order valence-corrected chi connectivity index (χ4v) is 3.43. The average molecular weight is 264 g/mol. The van der Waals surface area contributed by atoms with Crippen LogP contribution in [0, 0.1) is 0 Å². The molecule has 1 spiro atoms. The molecule has 3 nitrogen and oxygen atoms in total. The molecular formula is C12H10ClN3S. The highest BCUT2D eigenvalue weighted by molar-refractivity contribution is 7.13. The fourth-order valence-electron chi connectivity index (χ4n) is 2.62. The molecule has 1 aliphatic heterocycles. The minimum absolute atomic E-state index is 0.332. The minimum atomic E-state index is 0.332. The van der Waals surface area contributed by atoms with Gasteiger partial charge in [-0.1, -0.05) is 11.6 Å². The van der Waals surface area contributed by atoms with Gasteiger partial charge >= 0.3 is 0 Å². The number of hydrogen-bond donors (Lipinski definition) is 0. The Kier molecular flexibility index (Phi) is 1.86. The van der Waals surface area contributed by atoms with Crippen LogP contribution in [0.3, 0.4) is 0 Å². The van der Waals surface area contributed by atoms with Crippen molar-refractivity contribution >= 4 is 33.8 Å². The number of halogens is 1. The van der Waals surface area contributed by atoms with E-state index in [1.807, 2.05) is 23.8 Å². The Hall–Kier alpha value is -1.13. The van der Waals surface area contributed by atoms with Gasteiger partial charge in [0.1, 0.15) is 5.15 Å². The van der Waals surface area contributed by atoms with E-state index < -0.39 is 0 Å². The van der Waals surface area contributed by atoms with Crippen LogP contribution in [-0.4, -0.2) is 16.5 Å². The standard InChI is InChI=1S/C12H10ClN3S/c13-10-5-9-8(6-15-10)12(1-2-12)7-16(9)11-14-3-4-17-11/h3-6H,1-2,7H2. The molecule has 2 aromatic heterocycles. The summed E-state index contributed by atoms with van der Waals surface area (Å²) in [6, 6.07) is 1.96. The summed E-state index contributed by atoms with van der Waals surface area (Å²) in [4.78, 5) is 10.9. The highest BCUT2D eigenvalue weighted by Crippen LogP contribution is 2.58. The molecule has 0 bridgehead atoms. The summed E-state index contributed by atoms with van der Waals surface area (Å²) in [5, 5.41) is 3.62. The normalized spacial score (nSPS) is 19.7. The second-order valence-corrected chi connectivity index (χ2v) is 5.97. The molecule has 2 aromatic rings. The molecule has 86 valence electrons. The molecule has 1 aliphatic carbocycles. The zero-order chi connectivity index (χ0) is 11.5. The maximum Gasteiger partial charge on any atom is 0.189 e. The van der Waals surface area contributed by atoms with Crippen molar-refractivity contribution in [1.82, 2.24) is 9.97 Å². The van der Waals surface area contributed by atoms with Crippen molar-refractivity contribution in [2.45, 2.75) is 18.3 Å². The van der Waals surface area contributed by atoms with Crippen LogP contribution in [0.15, 0.2) is 23.8 Å². The van der Waals surface area contributed by atoms with Gasteiger partial charge in [0.05, 0.1) is 5.69 Å². The Balaban J connectivity index is 1.89. The molecular weight excluding hydrogens is 254 g/mol. The van der Waals surface area contributed by atoms with E-state index in [4.69, 9.17) is 11.6 Å². The van der Waals surface area contributed by atoms with Crippen molar-refractivity contribution < 1.29 is 0 Å². The molecule has 2 aliphatic rings. The lowest BCUT2D eigenvalue weighted by Crippen LogP contribution is -2.18. The van der Waals surface area contributed by atoms with Crippen LogP contribution in [0.1, 0.15) is 18.4 Å². The first kappa shape index (κ1) is 9.85. The van der Waals surface area contributed by atoms with Gasteiger partial charge in [0, 0.05) is 35.3 Å². The average Bonchev–Trinajstić information content (AvgIpc) is 2.78. The molecule has 0 atom stereocenters. The van der Waals surface area contributed by atoms with E-state index >= 15 is 0 Å². The van der Waals surface area contributed by atoms with E-state index in [1.165, 1.54) is 24.1 Å². The topological polar surface area (TPSA) is 29.0 Å². The lowest BCUT2D eigenvalue weighted by Gasteiger charge is -2.15. The van der Waals surface area contributed by atoms with Crippen LogP contribution in [0.4, 0.5) is 10.8 Å². The monoisotopic (exact) mass is 263 g/mol. The Bertz CT molecular complexity index is 577. The molecule has 0 N–H and O–H groups in total. The van der Waals surface area contributed by atoms with E-state index in [9.17, 15) is 0 Å². The number of fused-ring (bicyclic) bond motifs is 2. The van der Waals surface area contributed by atoms with Gasteiger partial charge in [-0.3, -0.25) is 0 Å². The minimum Gasteiger partial charge on any atom is -0.316 e. The van der Waals surface area contributed by atoms with Crippen LogP contribution >= 0.6 is 22.9 Å². The molecule has 0 aromatic carbocycles. The van der Waals surface area contributed by atoms with Crippen molar-refractivity contribution in [2.75, 3.05) is 11.4 Å². The van der Waals surface area contributed by atoms with Crippen LogP contribution in [0.2, 0.25) is 5.15 Å². The second-order valence-electron chi connectivity index (χ2n) is 4.71. The highest BCUT2D eigenvalue weighted by atomic mass is 35.5. The number of thiazole rings is 1. The highest BCUT2D eigenvalue weighted by Gasteiger charge is 2.52. The predicted molar refractivity (Wildman–Crippen MR) is 69.3 cm³/mol. The fraction of sp³-hybridized carbons (Fsp3) is 0.333. The van der Waals surface area contributed by atoms with E-state index in [0.717, 1.165) is 11.7 Å². The summed E-state index contributed by atoms with van der Waals surface area (Å²) in [5.74, 6) is 0. The van der Waals surface area contributed by atoms with Crippen LogP contribution in [0.5, 0.6) is 0 Å². The molecule has 1 fully saturated rings. The van der Waals surface area contributed by atoms with Gasteiger partial charge in [0.15, 0.2) is 5.13 Å². The molecule has 0 saturated heterocycles. The van der Waals surface area contributed by atoms with E-state index in [0.29, 0.717) is 10.6 Å². The van der Waals surface area contributed by atoms with Crippen molar-refractivity contribution in [3.05, 3.63) is 34.6 Å². The first-order valence-corrected chi connectivity index (χ1v) is 6.87. The molecule has 0 unspecified atom stereocenters. The lowest BCUT2D eigenvalue weighted by atomic mass is 10.0. The smallest absolute Gasteiger partial charge is 0.189 e. The van der Waals surface area contributed by atoms with E-state index in [-0.39, 0.29) is 0 Å². The van der Waals surface area contributed by atoms with Gasteiger partial charge in [-0.15, -0.1) is 11.3 Å². The number of rotatable bonds is 1. The largest absolute Gasteiger partial charge is 0.316 e. The van der Waals surface area contributed by atoms with Crippen molar-refractivity contribution in [3.8, 4) is 0 Å². The first-order valence-electron chi connectivity index (χ1n) is 5.62. The van der Waals surface area contributed by atoms with Crippen LogP contribution < -0.4 is 4.90 Å². The van der Waals surface area contributed by atoms with Crippen molar-refractivity contribution in [1.29, 1.82) is 0 Å². The lowest BCUT2D eigenvalue weighted by molar-refractivity contribution is 0.741. The van der Waals surface area contributed by atoms with E-state index in [1.54, 1.807) is 11.3 Å². The molecule has 4 rings (SSSR count). The Morgan fingerprint density at radius 2 is 2.24 bits per heavy atom. The zero-order valence-corrected chi connectivity index (χ0v) is 10.6. The summed E-state index contributed by atoms with van der Waals surface area (Å²) >= 11 is 7.68. The summed E-state index contributed by atoms with van der Waals surface area (Å²) in [6.45, 7) is 1.03. The first-order chi connectivity index (χ1) is 8.28. The SMILES string of the molecule is Clc1cc2c(cn1)C1(CC1)CN2c1nccs1. The van der Waals surface area contributed by atoms with E-state index in [2.05, 4.69) is 14.9 Å². The van der Waals surface area contributed by atoms with Crippen molar-refractivity contribution in [3.63, 3.8) is 0 Å². The third-order valence-corrected chi connectivity index (χ3v) is 4.68. The summed E-state index contributed by atoms with van der Waals surface area (Å²) in [7, 11) is 0. The Labute approximate surface area is 108 Å². The molecule has 17 heavy (non-hydrogen) atoms. The maximum absolute atomic E-state index is 6.01. The molecule has 3 heterocycles. The predicted octanol–water partition coefficient (Wildman–Crippen LogP) is 3.37. The van der Waals surface area contributed by atoms with Gasteiger partial charge < -0.3 is 4.90 Å². The van der Waals surface area contributed by atoms with Gasteiger partial charge in [-0.25, -0.2) is 9.97 Å². The summed E-state index contributed by atoms with van der Waals surface area (Å²) in [6.07, 6.45) is 6.30. The number of nitrogens with zero attached hydrogens (tertiary/aromatic N) is 3. The third-order valence-electron chi connectivity index (χ3n) is 3.68.